The van der Waals surface area contributed by atoms with Gasteiger partial charge in [-0.15, -0.1) is 0 Å². The molecule has 1 aromatic heterocycles. The maximum Gasteiger partial charge on any atom is 0.0992 e. The van der Waals surface area contributed by atoms with Crippen LogP contribution >= 0.6 is 0 Å². The average molecular weight is 303 g/mol. The molecule has 0 fully saturated rings. The molecule has 0 amide bonds. The van der Waals surface area contributed by atoms with E-state index in [1.807, 2.05) is 86.6 Å². The van der Waals surface area contributed by atoms with E-state index in [4.69, 9.17) is 0 Å². The van der Waals surface area contributed by atoms with Crippen LogP contribution in [-0.4, -0.2) is 10.1 Å². The second-order valence-electron chi connectivity index (χ2n) is 6.11. The first-order valence-electron chi connectivity index (χ1n) is 7.84. The van der Waals surface area contributed by atoms with Crippen molar-refractivity contribution in [1.82, 2.24) is 4.98 Å². The van der Waals surface area contributed by atoms with Crippen molar-refractivity contribution < 1.29 is 5.11 Å². The van der Waals surface area contributed by atoms with Gasteiger partial charge in [0.1, 0.15) is 0 Å². The summed E-state index contributed by atoms with van der Waals surface area (Å²) in [5.74, 6) is -0.229. The van der Waals surface area contributed by atoms with Crippen LogP contribution in [0.5, 0.6) is 0 Å². The van der Waals surface area contributed by atoms with Crippen LogP contribution in [-0.2, 0) is 5.60 Å². The van der Waals surface area contributed by atoms with Crippen molar-refractivity contribution in [2.24, 2.45) is 0 Å². The highest BCUT2D eigenvalue weighted by Crippen LogP contribution is 2.40. The van der Waals surface area contributed by atoms with Crippen LogP contribution in [0.25, 0.3) is 0 Å². The minimum atomic E-state index is -1.05. The molecular formula is C21H21NO. The molecule has 0 aliphatic heterocycles. The van der Waals surface area contributed by atoms with Crippen LogP contribution in [0.1, 0.15) is 35.2 Å². The molecule has 3 rings (SSSR count). The van der Waals surface area contributed by atoms with Crippen LogP contribution < -0.4 is 0 Å². The topological polar surface area (TPSA) is 33.1 Å². The molecule has 0 saturated heterocycles. The molecule has 2 aromatic carbocycles. The van der Waals surface area contributed by atoms with Gasteiger partial charge in [0, 0.05) is 6.20 Å². The molecule has 0 aliphatic rings. The summed E-state index contributed by atoms with van der Waals surface area (Å²) in [6.07, 6.45) is 1.77. The summed E-state index contributed by atoms with van der Waals surface area (Å²) in [4.78, 5) is 4.50. The molecule has 0 spiro atoms. The first-order valence-corrected chi connectivity index (χ1v) is 7.84. The van der Waals surface area contributed by atoms with E-state index in [-0.39, 0.29) is 5.92 Å². The van der Waals surface area contributed by atoms with Gasteiger partial charge in [0.15, 0.2) is 0 Å². The molecule has 23 heavy (non-hydrogen) atoms. The van der Waals surface area contributed by atoms with Crippen molar-refractivity contribution in [1.29, 1.82) is 0 Å². The number of aromatic nitrogens is 1. The maximum absolute atomic E-state index is 11.4. The molecule has 1 N–H and O–H groups in total. The van der Waals surface area contributed by atoms with Gasteiger partial charge in [0.05, 0.1) is 17.2 Å². The smallest absolute Gasteiger partial charge is 0.0992 e. The number of hydrogen-bond acceptors (Lipinski definition) is 2. The quantitative estimate of drug-likeness (QED) is 0.773. The number of nitrogens with zero attached hydrogens (tertiary/aromatic N) is 1. The predicted octanol–water partition coefficient (Wildman–Crippen LogP) is 4.43. The summed E-state index contributed by atoms with van der Waals surface area (Å²) >= 11 is 0. The lowest BCUT2D eigenvalue weighted by atomic mass is 9.76. The molecule has 0 aliphatic carbocycles. The number of pyridine rings is 1. The third-order valence-corrected chi connectivity index (χ3v) is 4.31. The Morgan fingerprint density at radius 3 is 2.13 bits per heavy atom. The Morgan fingerprint density at radius 2 is 1.52 bits per heavy atom. The molecule has 3 aromatic rings. The summed E-state index contributed by atoms with van der Waals surface area (Å²) in [5.41, 5.74) is 2.94. The zero-order valence-corrected chi connectivity index (χ0v) is 13.5. The minimum absolute atomic E-state index is 0.229. The van der Waals surface area contributed by atoms with Crippen molar-refractivity contribution >= 4 is 0 Å². The first-order chi connectivity index (χ1) is 11.1. The lowest BCUT2D eigenvalue weighted by Crippen LogP contribution is -2.31. The lowest BCUT2D eigenvalue weighted by molar-refractivity contribution is 0.0380. The van der Waals surface area contributed by atoms with Crippen LogP contribution in [0.3, 0.4) is 0 Å². The normalized spacial score (nSPS) is 14.9. The molecule has 2 atom stereocenters. The van der Waals surface area contributed by atoms with Crippen molar-refractivity contribution in [2.75, 3.05) is 0 Å². The Morgan fingerprint density at radius 1 is 0.870 bits per heavy atom. The van der Waals surface area contributed by atoms with E-state index in [2.05, 4.69) is 4.98 Å². The van der Waals surface area contributed by atoms with E-state index in [9.17, 15) is 5.11 Å². The molecule has 0 radical (unpaired) electrons. The van der Waals surface area contributed by atoms with Gasteiger partial charge in [0.25, 0.3) is 0 Å². The summed E-state index contributed by atoms with van der Waals surface area (Å²) in [5, 5.41) is 11.4. The van der Waals surface area contributed by atoms with E-state index in [1.54, 1.807) is 6.20 Å². The summed E-state index contributed by atoms with van der Waals surface area (Å²) < 4.78 is 0. The van der Waals surface area contributed by atoms with Gasteiger partial charge in [-0.3, -0.25) is 4.98 Å². The van der Waals surface area contributed by atoms with Crippen molar-refractivity contribution in [3.05, 3.63) is 101 Å². The summed E-state index contributed by atoms with van der Waals surface area (Å²) in [6.45, 7) is 3.91. The summed E-state index contributed by atoms with van der Waals surface area (Å²) in [7, 11) is 0. The number of hydrogen-bond donors (Lipinski definition) is 1. The van der Waals surface area contributed by atoms with Crippen LogP contribution in [0, 0.1) is 6.92 Å². The van der Waals surface area contributed by atoms with Gasteiger partial charge < -0.3 is 5.11 Å². The van der Waals surface area contributed by atoms with Crippen LogP contribution in [0.2, 0.25) is 0 Å². The minimum Gasteiger partial charge on any atom is -0.384 e. The van der Waals surface area contributed by atoms with Gasteiger partial charge in [-0.25, -0.2) is 0 Å². The Kier molecular flexibility index (Phi) is 4.26. The van der Waals surface area contributed by atoms with Crippen molar-refractivity contribution in [3.63, 3.8) is 0 Å². The van der Waals surface area contributed by atoms with Gasteiger partial charge in [-0.1, -0.05) is 66.2 Å². The Bertz CT molecular complexity index is 709. The lowest BCUT2D eigenvalue weighted by Gasteiger charge is -2.33. The van der Waals surface area contributed by atoms with E-state index in [1.165, 1.54) is 5.56 Å². The van der Waals surface area contributed by atoms with E-state index in [0.717, 1.165) is 16.8 Å². The number of aliphatic hydroxyl groups is 1. The molecule has 116 valence electrons. The molecule has 0 unspecified atom stereocenters. The third-order valence-electron chi connectivity index (χ3n) is 4.31. The zero-order valence-electron chi connectivity index (χ0n) is 13.5. The fraction of sp³-hybridized carbons (Fsp3) is 0.190. The molecule has 0 saturated carbocycles. The van der Waals surface area contributed by atoms with Gasteiger partial charge in [0.2, 0.25) is 0 Å². The first kappa shape index (κ1) is 15.4. The highest BCUT2D eigenvalue weighted by molar-refractivity contribution is 5.38. The monoisotopic (exact) mass is 303 g/mol. The predicted molar refractivity (Wildman–Crippen MR) is 93.3 cm³/mol. The zero-order chi connectivity index (χ0) is 16.3. The Balaban J connectivity index is 2.13. The molecular weight excluding hydrogens is 282 g/mol. The summed E-state index contributed by atoms with van der Waals surface area (Å²) in [6, 6.07) is 23.9. The van der Waals surface area contributed by atoms with E-state index >= 15 is 0 Å². The maximum atomic E-state index is 11.4. The molecule has 2 heteroatoms. The molecule has 0 bridgehead atoms. The molecule has 2 nitrogen and oxygen atoms in total. The SMILES string of the molecule is Cc1ccc([C@@](C)(O)[C@H](c2ccccc2)c2ccccn2)cc1. The van der Waals surface area contributed by atoms with Gasteiger partial charge in [-0.05, 0) is 37.1 Å². The Hall–Kier alpha value is -2.45. The van der Waals surface area contributed by atoms with Gasteiger partial charge >= 0.3 is 0 Å². The third kappa shape index (κ3) is 3.17. The highest BCUT2D eigenvalue weighted by atomic mass is 16.3. The van der Waals surface area contributed by atoms with Gasteiger partial charge in [-0.2, -0.15) is 0 Å². The van der Waals surface area contributed by atoms with E-state index in [0.29, 0.717) is 0 Å². The fourth-order valence-electron chi connectivity index (χ4n) is 3.03. The van der Waals surface area contributed by atoms with Crippen LogP contribution in [0.4, 0.5) is 0 Å². The Labute approximate surface area is 137 Å². The number of aryl methyl sites for hydroxylation is 1. The second kappa shape index (κ2) is 6.35. The van der Waals surface area contributed by atoms with Crippen molar-refractivity contribution in [3.8, 4) is 0 Å². The number of rotatable bonds is 4. The average Bonchev–Trinajstić information content (AvgIpc) is 2.57. The second-order valence-corrected chi connectivity index (χ2v) is 6.11. The van der Waals surface area contributed by atoms with E-state index < -0.39 is 5.60 Å². The fourth-order valence-corrected chi connectivity index (χ4v) is 3.03. The number of benzene rings is 2. The van der Waals surface area contributed by atoms with Crippen LogP contribution in [0.15, 0.2) is 79.0 Å². The van der Waals surface area contributed by atoms with Crippen molar-refractivity contribution in [2.45, 2.75) is 25.4 Å². The highest BCUT2D eigenvalue weighted by Gasteiger charge is 2.36. The molecule has 1 heterocycles. The standard InChI is InChI=1S/C21H21NO/c1-16-11-13-18(14-12-16)21(2,23)20(17-8-4-3-5-9-17)19-10-6-7-15-22-19/h3-15,20,23H,1-2H3/t20-,21-/m1/s1. The largest absolute Gasteiger partial charge is 0.384 e.